The van der Waals surface area contributed by atoms with E-state index in [-0.39, 0.29) is 5.41 Å². The molecule has 2 nitrogen and oxygen atoms in total. The summed E-state index contributed by atoms with van der Waals surface area (Å²) in [5.74, 6) is 0. The van der Waals surface area contributed by atoms with Crippen molar-refractivity contribution in [2.45, 2.75) is 20.8 Å². The topological polar surface area (TPSA) is 38.0 Å². The van der Waals surface area contributed by atoms with Gasteiger partial charge in [-0.2, -0.15) is 0 Å². The van der Waals surface area contributed by atoms with E-state index in [0.717, 1.165) is 6.54 Å². The minimum absolute atomic E-state index is 0.253. The van der Waals surface area contributed by atoms with Crippen LogP contribution in [0.25, 0.3) is 0 Å². The number of hydrogen-bond acceptors (Lipinski definition) is 1. The molecular formula is C6H14N2S. The van der Waals surface area contributed by atoms with Crippen molar-refractivity contribution in [3.8, 4) is 0 Å². The second kappa shape index (κ2) is 3.01. The van der Waals surface area contributed by atoms with Gasteiger partial charge in [-0.3, -0.25) is 0 Å². The number of rotatable bonds is 1. The molecule has 0 aromatic carbocycles. The Hall–Kier alpha value is -0.310. The summed E-state index contributed by atoms with van der Waals surface area (Å²) in [5, 5.41) is 3.27. The van der Waals surface area contributed by atoms with Crippen molar-refractivity contribution < 1.29 is 0 Å². The molecule has 0 aromatic rings. The zero-order valence-corrected chi connectivity index (χ0v) is 7.01. The second-order valence-electron chi connectivity index (χ2n) is 3.28. The third-order valence-corrected chi connectivity index (χ3v) is 0.937. The predicted octanol–water partition coefficient (Wildman–Crippen LogP) is 0.866. The Morgan fingerprint density at radius 2 is 2.00 bits per heavy atom. The number of thiocarbonyl (C=S) groups is 1. The quantitative estimate of drug-likeness (QED) is 0.539. The second-order valence-corrected chi connectivity index (χ2v) is 3.72. The van der Waals surface area contributed by atoms with Gasteiger partial charge in [0.15, 0.2) is 5.11 Å². The minimum atomic E-state index is 0.253. The Labute approximate surface area is 61.8 Å². The van der Waals surface area contributed by atoms with Gasteiger partial charge >= 0.3 is 0 Å². The molecule has 0 saturated carbocycles. The number of nitrogens with two attached hydrogens (primary N) is 1. The van der Waals surface area contributed by atoms with Crippen LogP contribution in [0.2, 0.25) is 0 Å². The van der Waals surface area contributed by atoms with Crippen LogP contribution >= 0.6 is 12.2 Å². The third-order valence-electron chi connectivity index (χ3n) is 0.793. The summed E-state index contributed by atoms with van der Waals surface area (Å²) in [5.41, 5.74) is 5.47. The average Bonchev–Trinajstić information content (AvgIpc) is 1.59. The van der Waals surface area contributed by atoms with E-state index in [0.29, 0.717) is 5.11 Å². The smallest absolute Gasteiger partial charge is 0.163 e. The van der Waals surface area contributed by atoms with Crippen LogP contribution in [0.15, 0.2) is 0 Å². The Morgan fingerprint density at radius 3 is 2.11 bits per heavy atom. The van der Waals surface area contributed by atoms with E-state index in [1.807, 2.05) is 0 Å². The normalized spacial score (nSPS) is 11.0. The Balaban J connectivity index is 3.39. The maximum Gasteiger partial charge on any atom is 0.163 e. The molecule has 0 heterocycles. The van der Waals surface area contributed by atoms with Crippen LogP contribution in [0.1, 0.15) is 20.8 Å². The van der Waals surface area contributed by atoms with Gasteiger partial charge in [0.25, 0.3) is 0 Å². The summed E-state index contributed by atoms with van der Waals surface area (Å²) in [4.78, 5) is 0. The van der Waals surface area contributed by atoms with Gasteiger partial charge in [-0.25, -0.2) is 0 Å². The van der Waals surface area contributed by atoms with Crippen LogP contribution < -0.4 is 11.1 Å². The van der Waals surface area contributed by atoms with Crippen molar-refractivity contribution >= 4 is 17.3 Å². The van der Waals surface area contributed by atoms with Crippen LogP contribution in [0.3, 0.4) is 0 Å². The molecule has 9 heavy (non-hydrogen) atoms. The molecule has 0 radical (unpaired) electrons. The zero-order chi connectivity index (χ0) is 7.49. The molecular weight excluding hydrogens is 132 g/mol. The molecule has 0 saturated heterocycles. The van der Waals surface area contributed by atoms with Crippen LogP contribution in [-0.4, -0.2) is 11.7 Å². The molecule has 0 aromatic heterocycles. The molecule has 0 rings (SSSR count). The molecule has 3 heteroatoms. The van der Waals surface area contributed by atoms with Crippen molar-refractivity contribution in [3.05, 3.63) is 0 Å². The maximum atomic E-state index is 5.22. The van der Waals surface area contributed by atoms with Crippen molar-refractivity contribution in [1.29, 1.82) is 0 Å². The number of hydrogen-bond donors (Lipinski definition) is 2. The van der Waals surface area contributed by atoms with Gasteiger partial charge in [0.05, 0.1) is 0 Å². The summed E-state index contributed by atoms with van der Waals surface area (Å²) in [6, 6.07) is 0. The summed E-state index contributed by atoms with van der Waals surface area (Å²) in [7, 11) is 0. The molecule has 0 amide bonds. The molecule has 0 aliphatic heterocycles. The summed E-state index contributed by atoms with van der Waals surface area (Å²) in [6.07, 6.45) is 0. The molecule has 0 spiro atoms. The standard InChI is InChI=1S/C6H14N2S/c1-6(2,3)4-8-5(7)9/h4H2,1-3H3,(H3,7,8,9). The van der Waals surface area contributed by atoms with Crippen LogP contribution in [0.5, 0.6) is 0 Å². The molecule has 0 unspecified atom stereocenters. The fourth-order valence-electron chi connectivity index (χ4n) is 0.352. The van der Waals surface area contributed by atoms with E-state index in [4.69, 9.17) is 5.73 Å². The van der Waals surface area contributed by atoms with Gasteiger partial charge in [-0.1, -0.05) is 20.8 Å². The highest BCUT2D eigenvalue weighted by Crippen LogP contribution is 2.09. The molecule has 0 aliphatic rings. The van der Waals surface area contributed by atoms with E-state index in [1.54, 1.807) is 0 Å². The Morgan fingerprint density at radius 1 is 1.56 bits per heavy atom. The van der Waals surface area contributed by atoms with Gasteiger partial charge in [-0.15, -0.1) is 0 Å². The summed E-state index contributed by atoms with van der Waals surface area (Å²) < 4.78 is 0. The molecule has 0 fully saturated rings. The minimum Gasteiger partial charge on any atom is -0.376 e. The SMILES string of the molecule is CC(C)(C)CNC(N)=S. The number of nitrogens with one attached hydrogen (secondary N) is 1. The molecule has 3 N–H and O–H groups in total. The first-order chi connectivity index (χ1) is 3.92. The molecule has 0 atom stereocenters. The fraction of sp³-hybridized carbons (Fsp3) is 0.833. The van der Waals surface area contributed by atoms with E-state index < -0.39 is 0 Å². The first kappa shape index (κ1) is 8.69. The van der Waals surface area contributed by atoms with Crippen molar-refractivity contribution in [3.63, 3.8) is 0 Å². The fourth-order valence-corrected chi connectivity index (χ4v) is 0.424. The van der Waals surface area contributed by atoms with Gasteiger partial charge in [0, 0.05) is 6.54 Å². The first-order valence-electron chi connectivity index (χ1n) is 2.95. The molecule has 0 aliphatic carbocycles. The van der Waals surface area contributed by atoms with E-state index in [1.165, 1.54) is 0 Å². The largest absolute Gasteiger partial charge is 0.376 e. The Kier molecular flexibility index (Phi) is 2.91. The maximum absolute atomic E-state index is 5.22. The van der Waals surface area contributed by atoms with Gasteiger partial charge in [0.2, 0.25) is 0 Å². The highest BCUT2D eigenvalue weighted by molar-refractivity contribution is 7.80. The van der Waals surface area contributed by atoms with Gasteiger partial charge in [0.1, 0.15) is 0 Å². The van der Waals surface area contributed by atoms with E-state index in [9.17, 15) is 0 Å². The lowest BCUT2D eigenvalue weighted by molar-refractivity contribution is 0.409. The highest BCUT2D eigenvalue weighted by atomic mass is 32.1. The Bertz CT molecular complexity index is 104. The lowest BCUT2D eigenvalue weighted by Gasteiger charge is -2.18. The lowest BCUT2D eigenvalue weighted by Crippen LogP contribution is -2.35. The monoisotopic (exact) mass is 146 g/mol. The van der Waals surface area contributed by atoms with Crippen LogP contribution in [0, 0.1) is 5.41 Å². The third kappa shape index (κ3) is 7.69. The van der Waals surface area contributed by atoms with Crippen molar-refractivity contribution in [1.82, 2.24) is 5.32 Å². The summed E-state index contributed by atoms with van der Waals surface area (Å²) >= 11 is 4.63. The van der Waals surface area contributed by atoms with E-state index in [2.05, 4.69) is 38.3 Å². The van der Waals surface area contributed by atoms with Gasteiger partial charge < -0.3 is 11.1 Å². The predicted molar refractivity (Wildman–Crippen MR) is 44.2 cm³/mol. The van der Waals surface area contributed by atoms with Crippen molar-refractivity contribution in [2.75, 3.05) is 6.54 Å². The molecule has 54 valence electrons. The lowest BCUT2D eigenvalue weighted by atomic mass is 9.97. The van der Waals surface area contributed by atoms with Crippen molar-refractivity contribution in [2.24, 2.45) is 11.1 Å². The first-order valence-corrected chi connectivity index (χ1v) is 3.36. The zero-order valence-electron chi connectivity index (χ0n) is 6.19. The van der Waals surface area contributed by atoms with E-state index >= 15 is 0 Å². The summed E-state index contributed by atoms with van der Waals surface area (Å²) in [6.45, 7) is 7.21. The van der Waals surface area contributed by atoms with Gasteiger partial charge in [-0.05, 0) is 17.6 Å². The average molecular weight is 146 g/mol. The molecule has 0 bridgehead atoms. The van der Waals surface area contributed by atoms with Crippen LogP contribution in [-0.2, 0) is 0 Å². The van der Waals surface area contributed by atoms with Crippen LogP contribution in [0.4, 0.5) is 0 Å². The highest BCUT2D eigenvalue weighted by Gasteiger charge is 2.08.